The fraction of sp³-hybridized carbons (Fsp3) is 0.571. The number of nitrogens with zero attached hydrogens (tertiary/aromatic N) is 2. The fourth-order valence-electron chi connectivity index (χ4n) is 6.64. The van der Waals surface area contributed by atoms with Gasteiger partial charge in [0, 0.05) is 23.4 Å². The molecule has 2 saturated heterocycles. The maximum absolute atomic E-state index is 13.8. The first kappa shape index (κ1) is 25.6. The lowest BCUT2D eigenvalue weighted by Crippen LogP contribution is -2.49. The third kappa shape index (κ3) is 5.06. The van der Waals surface area contributed by atoms with E-state index in [0.717, 1.165) is 31.1 Å². The molecule has 196 valence electrons. The molecule has 1 spiro atoms. The number of rotatable bonds is 5. The number of hydrogen-bond acceptors (Lipinski definition) is 4. The Hall–Kier alpha value is -3.05. The number of likely N-dealkylation sites (tertiary alicyclic amines) is 1. The molecule has 0 unspecified atom stereocenters. The van der Waals surface area contributed by atoms with E-state index in [4.69, 9.17) is 11.6 Å². The highest BCUT2D eigenvalue weighted by Gasteiger charge is 2.49. The summed E-state index contributed by atoms with van der Waals surface area (Å²) < 4.78 is 0. The molecular formula is C28H34ClN5O3. The zero-order chi connectivity index (χ0) is 26.4. The molecule has 37 heavy (non-hydrogen) atoms. The number of hydrogen-bond donors (Lipinski definition) is 3. The Morgan fingerprint density at radius 3 is 2.65 bits per heavy atom. The molecular weight excluding hydrogens is 490 g/mol. The average molecular weight is 524 g/mol. The summed E-state index contributed by atoms with van der Waals surface area (Å²) in [6.07, 6.45) is 6.77. The Bertz CT molecular complexity index is 1270. The second-order valence-electron chi connectivity index (χ2n) is 11.8. The Morgan fingerprint density at radius 2 is 2.00 bits per heavy atom. The molecule has 3 fully saturated rings. The molecule has 2 aliphatic heterocycles. The Labute approximate surface area is 222 Å². The van der Waals surface area contributed by atoms with Crippen LogP contribution >= 0.6 is 11.6 Å². The number of carbonyl (C=O) groups is 3. The van der Waals surface area contributed by atoms with Gasteiger partial charge in [-0.25, -0.2) is 0 Å². The van der Waals surface area contributed by atoms with Crippen LogP contribution in [0.5, 0.6) is 0 Å². The number of fused-ring (bicyclic) bond motifs is 1. The number of para-hydroxylation sites is 1. The Morgan fingerprint density at radius 1 is 1.24 bits per heavy atom. The Kier molecular flexibility index (Phi) is 6.70. The van der Waals surface area contributed by atoms with E-state index in [1.54, 1.807) is 17.0 Å². The van der Waals surface area contributed by atoms with Gasteiger partial charge in [0.1, 0.15) is 17.8 Å². The van der Waals surface area contributed by atoms with E-state index in [1.807, 2.05) is 26.0 Å². The maximum atomic E-state index is 13.8. The van der Waals surface area contributed by atoms with Crippen molar-refractivity contribution in [2.45, 2.75) is 82.8 Å². The lowest BCUT2D eigenvalue weighted by atomic mass is 9.72. The van der Waals surface area contributed by atoms with E-state index in [2.05, 4.69) is 21.7 Å². The van der Waals surface area contributed by atoms with E-state index >= 15 is 0 Å². The summed E-state index contributed by atoms with van der Waals surface area (Å²) >= 11 is 6.32. The van der Waals surface area contributed by atoms with Gasteiger partial charge >= 0.3 is 0 Å². The van der Waals surface area contributed by atoms with Gasteiger partial charge in [0.05, 0.1) is 16.6 Å². The van der Waals surface area contributed by atoms with E-state index in [9.17, 15) is 19.6 Å². The van der Waals surface area contributed by atoms with E-state index in [0.29, 0.717) is 35.6 Å². The standard InChI is InChI=1S/C28H34ClN5O3/c1-27(2)13-18(24(35)33-27)11-19(15-30)31-25(36)22-14-28(9-4-3-5-10-28)16-34(22)26(37)21-12-17-7-6-8-20(29)23(17)32-21/h6-8,12,18-19,22,32H,3-5,9-11,13-14,16H2,1-2H3,(H,31,36)(H,33,35)/t18-,19+,22-/m1/s1. The second kappa shape index (κ2) is 9.68. The average Bonchev–Trinajstić information content (AvgIpc) is 3.52. The van der Waals surface area contributed by atoms with Gasteiger partial charge < -0.3 is 20.5 Å². The summed E-state index contributed by atoms with van der Waals surface area (Å²) in [5, 5.41) is 17.0. The quantitative estimate of drug-likeness (QED) is 0.541. The van der Waals surface area contributed by atoms with Crippen molar-refractivity contribution in [3.05, 3.63) is 35.0 Å². The lowest BCUT2D eigenvalue weighted by Gasteiger charge is -2.32. The van der Waals surface area contributed by atoms with Crippen molar-refractivity contribution in [1.29, 1.82) is 5.26 Å². The van der Waals surface area contributed by atoms with Gasteiger partial charge in [0.2, 0.25) is 11.8 Å². The van der Waals surface area contributed by atoms with Gasteiger partial charge in [0.15, 0.2) is 0 Å². The number of nitrogens with one attached hydrogen (secondary N) is 3. The fourth-order valence-corrected chi connectivity index (χ4v) is 6.87. The predicted molar refractivity (Wildman–Crippen MR) is 141 cm³/mol. The predicted octanol–water partition coefficient (Wildman–Crippen LogP) is 4.30. The molecule has 1 aromatic carbocycles. The van der Waals surface area contributed by atoms with E-state index in [-0.39, 0.29) is 41.0 Å². The number of amides is 3. The number of carbonyl (C=O) groups excluding carboxylic acids is 3. The molecule has 8 nitrogen and oxygen atoms in total. The van der Waals surface area contributed by atoms with Crippen molar-refractivity contribution in [2.24, 2.45) is 11.3 Å². The van der Waals surface area contributed by atoms with Gasteiger partial charge in [-0.15, -0.1) is 0 Å². The zero-order valence-electron chi connectivity index (χ0n) is 21.4. The minimum Gasteiger partial charge on any atom is -0.351 e. The molecule has 1 saturated carbocycles. The largest absolute Gasteiger partial charge is 0.351 e. The van der Waals surface area contributed by atoms with Crippen LogP contribution < -0.4 is 10.6 Å². The first-order chi connectivity index (χ1) is 17.6. The van der Waals surface area contributed by atoms with Crippen molar-refractivity contribution in [3.8, 4) is 6.07 Å². The summed E-state index contributed by atoms with van der Waals surface area (Å²) in [6, 6.07) is 7.97. The van der Waals surface area contributed by atoms with E-state index < -0.39 is 12.1 Å². The number of aromatic amines is 1. The van der Waals surface area contributed by atoms with Gasteiger partial charge in [-0.1, -0.05) is 43.0 Å². The minimum atomic E-state index is -0.802. The third-order valence-electron chi connectivity index (χ3n) is 8.40. The number of aromatic nitrogens is 1. The third-order valence-corrected chi connectivity index (χ3v) is 8.72. The lowest BCUT2D eigenvalue weighted by molar-refractivity contribution is -0.126. The van der Waals surface area contributed by atoms with Crippen LogP contribution in [0.25, 0.3) is 10.9 Å². The van der Waals surface area contributed by atoms with Crippen LogP contribution in [0.1, 0.15) is 75.7 Å². The molecule has 3 atom stereocenters. The maximum Gasteiger partial charge on any atom is 0.271 e. The minimum absolute atomic E-state index is 0.0862. The molecule has 3 heterocycles. The van der Waals surface area contributed by atoms with Gasteiger partial charge in [-0.2, -0.15) is 5.26 Å². The van der Waals surface area contributed by atoms with E-state index in [1.165, 1.54) is 6.42 Å². The topological polar surface area (TPSA) is 118 Å². The highest BCUT2D eigenvalue weighted by Crippen LogP contribution is 2.47. The van der Waals surface area contributed by atoms with Crippen molar-refractivity contribution in [2.75, 3.05) is 6.54 Å². The molecule has 5 rings (SSSR count). The molecule has 0 bridgehead atoms. The summed E-state index contributed by atoms with van der Waals surface area (Å²) in [5.74, 6) is -0.979. The number of H-pyrrole nitrogens is 1. The first-order valence-corrected chi connectivity index (χ1v) is 13.6. The van der Waals surface area contributed by atoms with Gasteiger partial charge in [-0.3, -0.25) is 14.4 Å². The van der Waals surface area contributed by atoms with Crippen LogP contribution in [-0.4, -0.2) is 51.8 Å². The molecule has 9 heteroatoms. The van der Waals surface area contributed by atoms with Crippen LogP contribution in [0.4, 0.5) is 0 Å². The number of benzene rings is 1. The first-order valence-electron chi connectivity index (χ1n) is 13.2. The molecule has 3 N–H and O–H groups in total. The van der Waals surface area contributed by atoms with Crippen LogP contribution in [0.3, 0.4) is 0 Å². The van der Waals surface area contributed by atoms with Crippen LogP contribution in [0.15, 0.2) is 24.3 Å². The normalized spacial score (nSPS) is 25.1. The van der Waals surface area contributed by atoms with Crippen LogP contribution in [0.2, 0.25) is 5.02 Å². The Balaban J connectivity index is 1.37. The van der Waals surface area contributed by atoms with Crippen LogP contribution in [-0.2, 0) is 9.59 Å². The van der Waals surface area contributed by atoms with Crippen molar-refractivity contribution in [1.82, 2.24) is 20.5 Å². The summed E-state index contributed by atoms with van der Waals surface area (Å²) in [4.78, 5) is 44.6. The summed E-state index contributed by atoms with van der Waals surface area (Å²) in [7, 11) is 0. The number of nitriles is 1. The molecule has 3 amide bonds. The van der Waals surface area contributed by atoms with Gasteiger partial charge in [0.25, 0.3) is 5.91 Å². The monoisotopic (exact) mass is 523 g/mol. The highest BCUT2D eigenvalue weighted by atomic mass is 35.5. The SMILES string of the molecule is CC1(C)C[C@@H](C[C@@H](C#N)NC(=O)[C@H]2CC3(CCCCC3)CN2C(=O)c2cc3cccc(Cl)c3[nH]2)C(=O)N1. The summed E-state index contributed by atoms with van der Waals surface area (Å²) in [5.41, 5.74) is 0.686. The zero-order valence-corrected chi connectivity index (χ0v) is 22.2. The smallest absolute Gasteiger partial charge is 0.271 e. The summed E-state index contributed by atoms with van der Waals surface area (Å²) in [6.45, 7) is 4.42. The number of halogens is 1. The van der Waals surface area contributed by atoms with Crippen molar-refractivity contribution < 1.29 is 14.4 Å². The second-order valence-corrected chi connectivity index (χ2v) is 12.2. The molecule has 2 aromatic rings. The molecule has 3 aliphatic rings. The molecule has 1 aromatic heterocycles. The molecule has 1 aliphatic carbocycles. The highest BCUT2D eigenvalue weighted by molar-refractivity contribution is 6.35. The van der Waals surface area contributed by atoms with Gasteiger partial charge in [-0.05, 0) is 63.5 Å². The van der Waals surface area contributed by atoms with Crippen LogP contribution in [0, 0.1) is 22.7 Å². The van der Waals surface area contributed by atoms with Crippen molar-refractivity contribution >= 4 is 40.2 Å². The van der Waals surface area contributed by atoms with Crippen molar-refractivity contribution in [3.63, 3.8) is 0 Å². The molecule has 0 radical (unpaired) electrons.